The van der Waals surface area contributed by atoms with Crippen LogP contribution in [0.5, 0.6) is 0 Å². The molecule has 0 saturated heterocycles. The molecule has 2 aromatic rings. The van der Waals surface area contributed by atoms with E-state index in [1.807, 2.05) is 9.58 Å². The minimum Gasteiger partial charge on any atom is -0.331 e. The third-order valence-corrected chi connectivity index (χ3v) is 5.46. The van der Waals surface area contributed by atoms with Crippen LogP contribution in [0.2, 0.25) is 0 Å². The van der Waals surface area contributed by atoms with Crippen LogP contribution in [-0.4, -0.2) is 55.4 Å². The maximum absolute atomic E-state index is 13.1. The maximum Gasteiger partial charge on any atom is 0.257 e. The van der Waals surface area contributed by atoms with E-state index in [0.29, 0.717) is 19.0 Å². The zero-order valence-corrected chi connectivity index (χ0v) is 16.7. The van der Waals surface area contributed by atoms with Gasteiger partial charge in [-0.3, -0.25) is 14.2 Å². The Morgan fingerprint density at radius 1 is 1.22 bits per heavy atom. The minimum atomic E-state index is 0.115. The van der Waals surface area contributed by atoms with Crippen LogP contribution < -0.4 is 0 Å². The Balaban J connectivity index is 1.45. The SMILES string of the molecule is CC(C)CN(C)Cc1cc2n(n1)CCN(C(=O)c1cnn3c1CCCC3)C2. The van der Waals surface area contributed by atoms with Crippen LogP contribution in [0.25, 0.3) is 0 Å². The molecule has 146 valence electrons. The zero-order valence-electron chi connectivity index (χ0n) is 16.7. The lowest BCUT2D eigenvalue weighted by Gasteiger charge is -2.28. The van der Waals surface area contributed by atoms with E-state index < -0.39 is 0 Å². The highest BCUT2D eigenvalue weighted by atomic mass is 16.2. The first-order chi connectivity index (χ1) is 13.0. The van der Waals surface area contributed by atoms with Gasteiger partial charge in [0.15, 0.2) is 0 Å². The normalized spacial score (nSPS) is 16.7. The average Bonchev–Trinajstić information content (AvgIpc) is 3.22. The van der Waals surface area contributed by atoms with Gasteiger partial charge in [-0.2, -0.15) is 10.2 Å². The molecule has 7 nitrogen and oxygen atoms in total. The van der Waals surface area contributed by atoms with E-state index in [0.717, 1.165) is 68.1 Å². The molecule has 27 heavy (non-hydrogen) atoms. The predicted molar refractivity (Wildman–Crippen MR) is 103 cm³/mol. The first-order valence-electron chi connectivity index (χ1n) is 10.1. The first-order valence-corrected chi connectivity index (χ1v) is 10.1. The number of aromatic nitrogens is 4. The van der Waals surface area contributed by atoms with Crippen molar-refractivity contribution in [2.75, 3.05) is 20.1 Å². The summed E-state index contributed by atoms with van der Waals surface area (Å²) >= 11 is 0. The standard InChI is InChI=1S/C20H30N6O/c1-15(2)12-23(3)13-16-10-17-14-24(8-9-25(17)22-16)20(27)18-11-21-26-7-5-4-6-19(18)26/h10-11,15H,4-9,12-14H2,1-3H3. The summed E-state index contributed by atoms with van der Waals surface area (Å²) in [6.07, 6.45) is 5.02. The second-order valence-corrected chi connectivity index (χ2v) is 8.35. The van der Waals surface area contributed by atoms with Gasteiger partial charge in [-0.05, 0) is 38.3 Å². The van der Waals surface area contributed by atoms with Crippen LogP contribution in [-0.2, 0) is 32.6 Å². The number of carbonyl (C=O) groups excluding carboxylic acids is 1. The molecule has 0 radical (unpaired) electrons. The summed E-state index contributed by atoms with van der Waals surface area (Å²) in [5, 5.41) is 9.17. The molecule has 0 unspecified atom stereocenters. The molecule has 0 atom stereocenters. The Morgan fingerprint density at radius 3 is 2.89 bits per heavy atom. The molecule has 2 aliphatic heterocycles. The van der Waals surface area contributed by atoms with Gasteiger partial charge in [-0.25, -0.2) is 0 Å². The van der Waals surface area contributed by atoms with Crippen molar-refractivity contribution >= 4 is 5.91 Å². The molecule has 1 amide bonds. The first kappa shape index (κ1) is 18.2. The molecule has 0 bridgehead atoms. The third-order valence-electron chi connectivity index (χ3n) is 5.46. The summed E-state index contributed by atoms with van der Waals surface area (Å²) in [5.41, 5.74) is 4.12. The van der Waals surface area contributed by atoms with Crippen LogP contribution in [0.15, 0.2) is 12.3 Å². The lowest BCUT2D eigenvalue weighted by atomic mass is 10.1. The molecule has 7 heteroatoms. The molecule has 4 heterocycles. The average molecular weight is 371 g/mol. The zero-order chi connectivity index (χ0) is 19.0. The van der Waals surface area contributed by atoms with E-state index in [2.05, 4.69) is 41.6 Å². The fraction of sp³-hybridized carbons (Fsp3) is 0.650. The Kier molecular flexibility index (Phi) is 5.04. The Morgan fingerprint density at radius 2 is 2.07 bits per heavy atom. The van der Waals surface area contributed by atoms with E-state index in [1.54, 1.807) is 6.20 Å². The van der Waals surface area contributed by atoms with E-state index in [4.69, 9.17) is 5.10 Å². The highest BCUT2D eigenvalue weighted by Gasteiger charge is 2.27. The number of nitrogens with zero attached hydrogens (tertiary/aromatic N) is 6. The second kappa shape index (κ2) is 7.46. The van der Waals surface area contributed by atoms with Crippen LogP contribution in [0.1, 0.15) is 54.1 Å². The number of hydrogen-bond donors (Lipinski definition) is 0. The summed E-state index contributed by atoms with van der Waals surface area (Å²) < 4.78 is 4.07. The van der Waals surface area contributed by atoms with E-state index in [-0.39, 0.29) is 5.91 Å². The molecule has 2 aromatic heterocycles. The van der Waals surface area contributed by atoms with Crippen molar-refractivity contribution < 1.29 is 4.79 Å². The van der Waals surface area contributed by atoms with Crippen molar-refractivity contribution in [3.8, 4) is 0 Å². The van der Waals surface area contributed by atoms with Gasteiger partial charge in [0.05, 0.1) is 41.9 Å². The fourth-order valence-electron chi connectivity index (χ4n) is 4.31. The number of rotatable bonds is 5. The number of aryl methyl sites for hydroxylation is 1. The second-order valence-electron chi connectivity index (χ2n) is 8.35. The van der Waals surface area contributed by atoms with Crippen molar-refractivity contribution in [1.29, 1.82) is 0 Å². The summed E-state index contributed by atoms with van der Waals surface area (Å²) in [4.78, 5) is 17.3. The maximum atomic E-state index is 13.1. The molecule has 0 N–H and O–H groups in total. The molecule has 0 saturated carbocycles. The Labute approximate surface area is 160 Å². The van der Waals surface area contributed by atoms with Crippen molar-refractivity contribution in [3.05, 3.63) is 34.9 Å². The topological polar surface area (TPSA) is 59.2 Å². The van der Waals surface area contributed by atoms with E-state index in [1.165, 1.54) is 0 Å². The number of carbonyl (C=O) groups is 1. The highest BCUT2D eigenvalue weighted by molar-refractivity contribution is 5.95. The number of fused-ring (bicyclic) bond motifs is 2. The van der Waals surface area contributed by atoms with Gasteiger partial charge in [0.2, 0.25) is 0 Å². The predicted octanol–water partition coefficient (Wildman–Crippen LogP) is 2.16. The quantitative estimate of drug-likeness (QED) is 0.809. The van der Waals surface area contributed by atoms with Crippen LogP contribution in [0, 0.1) is 5.92 Å². The number of hydrogen-bond acceptors (Lipinski definition) is 4. The van der Waals surface area contributed by atoms with Gasteiger partial charge in [0.25, 0.3) is 5.91 Å². The fourth-order valence-corrected chi connectivity index (χ4v) is 4.31. The van der Waals surface area contributed by atoms with E-state index >= 15 is 0 Å². The monoisotopic (exact) mass is 370 g/mol. The summed E-state index contributed by atoms with van der Waals surface area (Å²) in [5.74, 6) is 0.756. The van der Waals surface area contributed by atoms with Crippen LogP contribution in [0.3, 0.4) is 0 Å². The smallest absolute Gasteiger partial charge is 0.257 e. The summed E-state index contributed by atoms with van der Waals surface area (Å²) in [6, 6.07) is 2.16. The van der Waals surface area contributed by atoms with Crippen molar-refractivity contribution in [2.24, 2.45) is 5.92 Å². The number of amides is 1. The molecule has 0 aliphatic carbocycles. The minimum absolute atomic E-state index is 0.115. The van der Waals surface area contributed by atoms with Gasteiger partial charge in [-0.1, -0.05) is 13.8 Å². The molecular formula is C20H30N6O. The summed E-state index contributed by atoms with van der Waals surface area (Å²) in [6.45, 7) is 9.40. The summed E-state index contributed by atoms with van der Waals surface area (Å²) in [7, 11) is 2.14. The molecule has 0 fully saturated rings. The molecule has 4 rings (SSSR count). The van der Waals surface area contributed by atoms with Gasteiger partial charge in [-0.15, -0.1) is 0 Å². The van der Waals surface area contributed by atoms with Gasteiger partial charge in [0, 0.05) is 26.2 Å². The van der Waals surface area contributed by atoms with E-state index in [9.17, 15) is 4.79 Å². The highest BCUT2D eigenvalue weighted by Crippen LogP contribution is 2.22. The lowest BCUT2D eigenvalue weighted by Crippen LogP contribution is -2.38. The largest absolute Gasteiger partial charge is 0.331 e. The van der Waals surface area contributed by atoms with Crippen LogP contribution >= 0.6 is 0 Å². The Hall–Kier alpha value is -2.15. The van der Waals surface area contributed by atoms with Crippen molar-refractivity contribution in [3.63, 3.8) is 0 Å². The van der Waals surface area contributed by atoms with Gasteiger partial charge in [0.1, 0.15) is 0 Å². The Bertz CT molecular complexity index is 821. The molecule has 2 aliphatic rings. The van der Waals surface area contributed by atoms with Crippen molar-refractivity contribution in [1.82, 2.24) is 29.4 Å². The third kappa shape index (κ3) is 3.78. The lowest BCUT2D eigenvalue weighted by molar-refractivity contribution is 0.0704. The van der Waals surface area contributed by atoms with Gasteiger partial charge < -0.3 is 9.80 Å². The van der Waals surface area contributed by atoms with Gasteiger partial charge >= 0.3 is 0 Å². The molecular weight excluding hydrogens is 340 g/mol. The van der Waals surface area contributed by atoms with Crippen LogP contribution in [0.4, 0.5) is 0 Å². The molecule has 0 aromatic carbocycles. The molecule has 0 spiro atoms. The van der Waals surface area contributed by atoms with Crippen molar-refractivity contribution in [2.45, 2.75) is 59.3 Å².